The topological polar surface area (TPSA) is 55.2 Å². The molecule has 1 fully saturated rings. The van der Waals surface area contributed by atoms with Crippen LogP contribution in [0.4, 0.5) is 0 Å². The number of hydrogen-bond donors (Lipinski definition) is 0. The van der Waals surface area contributed by atoms with Crippen LogP contribution in [-0.2, 0) is 7.05 Å². The molecule has 0 aliphatic carbocycles. The van der Waals surface area contributed by atoms with E-state index in [1.807, 2.05) is 23.1 Å². The molecule has 1 amide bonds. The number of para-hydroxylation sites is 1. The van der Waals surface area contributed by atoms with Gasteiger partial charge in [0.2, 0.25) is 0 Å². The quantitative estimate of drug-likeness (QED) is 0.721. The second-order valence-electron chi connectivity index (χ2n) is 6.04. The molecule has 0 N–H and O–H groups in total. The highest BCUT2D eigenvalue weighted by Gasteiger charge is 2.32. The van der Waals surface area contributed by atoms with Gasteiger partial charge in [0.25, 0.3) is 11.5 Å². The number of benzene rings is 1. The standard InChI is InChI=1S/C18H17N3O2S/c1-20-10-8-12(11-16(20)22)18(23)21-9-4-6-14(21)17-19-13-5-2-3-7-15(13)24-17/h2-3,5,7-8,10-11,14H,4,6,9H2,1H3. The molecule has 0 bridgehead atoms. The van der Waals surface area contributed by atoms with Crippen molar-refractivity contribution in [2.75, 3.05) is 6.54 Å². The van der Waals surface area contributed by atoms with Crippen LogP contribution in [0.15, 0.2) is 47.4 Å². The number of likely N-dealkylation sites (tertiary alicyclic amines) is 1. The SMILES string of the molecule is Cn1ccc(C(=O)N2CCCC2c2nc3ccccc3s2)cc1=O. The summed E-state index contributed by atoms with van der Waals surface area (Å²) in [6.07, 6.45) is 3.51. The molecule has 122 valence electrons. The van der Waals surface area contributed by atoms with E-state index in [9.17, 15) is 9.59 Å². The highest BCUT2D eigenvalue weighted by Crippen LogP contribution is 2.37. The normalized spacial score (nSPS) is 17.5. The predicted molar refractivity (Wildman–Crippen MR) is 94.3 cm³/mol. The molecular formula is C18H17N3O2S. The van der Waals surface area contributed by atoms with E-state index >= 15 is 0 Å². The molecule has 1 aliphatic heterocycles. The van der Waals surface area contributed by atoms with E-state index in [-0.39, 0.29) is 17.5 Å². The number of fused-ring (bicyclic) bond motifs is 1. The molecule has 0 spiro atoms. The van der Waals surface area contributed by atoms with Gasteiger partial charge in [0.1, 0.15) is 5.01 Å². The molecule has 1 atom stereocenters. The zero-order chi connectivity index (χ0) is 16.7. The smallest absolute Gasteiger partial charge is 0.254 e. The Balaban J connectivity index is 1.67. The molecule has 4 rings (SSSR count). The van der Waals surface area contributed by atoms with Gasteiger partial charge in [-0.2, -0.15) is 0 Å². The van der Waals surface area contributed by atoms with Crippen molar-refractivity contribution in [2.24, 2.45) is 7.05 Å². The van der Waals surface area contributed by atoms with Crippen LogP contribution in [0, 0.1) is 0 Å². The Kier molecular flexibility index (Phi) is 3.69. The fourth-order valence-electron chi connectivity index (χ4n) is 3.15. The lowest BCUT2D eigenvalue weighted by atomic mass is 10.2. The van der Waals surface area contributed by atoms with Crippen molar-refractivity contribution in [1.29, 1.82) is 0 Å². The zero-order valence-corrected chi connectivity index (χ0v) is 14.1. The monoisotopic (exact) mass is 339 g/mol. The average Bonchev–Trinajstić information content (AvgIpc) is 3.22. The van der Waals surface area contributed by atoms with Gasteiger partial charge in [-0.25, -0.2) is 4.98 Å². The molecule has 1 unspecified atom stereocenters. The van der Waals surface area contributed by atoms with E-state index in [0.29, 0.717) is 12.1 Å². The summed E-state index contributed by atoms with van der Waals surface area (Å²) in [6, 6.07) is 11.1. The highest BCUT2D eigenvalue weighted by molar-refractivity contribution is 7.18. The molecular weight excluding hydrogens is 322 g/mol. The van der Waals surface area contributed by atoms with Gasteiger partial charge in [-0.15, -0.1) is 11.3 Å². The number of carbonyl (C=O) groups is 1. The first-order valence-electron chi connectivity index (χ1n) is 7.96. The highest BCUT2D eigenvalue weighted by atomic mass is 32.1. The first-order valence-corrected chi connectivity index (χ1v) is 8.78. The van der Waals surface area contributed by atoms with Crippen LogP contribution in [0.5, 0.6) is 0 Å². The van der Waals surface area contributed by atoms with Crippen molar-refractivity contribution >= 4 is 27.5 Å². The summed E-state index contributed by atoms with van der Waals surface area (Å²) < 4.78 is 2.60. The Morgan fingerprint density at radius 1 is 1.29 bits per heavy atom. The summed E-state index contributed by atoms with van der Waals surface area (Å²) in [4.78, 5) is 31.2. The third kappa shape index (κ3) is 2.53. The van der Waals surface area contributed by atoms with Crippen LogP contribution in [0.25, 0.3) is 10.2 Å². The fourth-order valence-corrected chi connectivity index (χ4v) is 4.26. The minimum Gasteiger partial charge on any atom is -0.329 e. The largest absolute Gasteiger partial charge is 0.329 e. The van der Waals surface area contributed by atoms with Crippen LogP contribution in [0.3, 0.4) is 0 Å². The van der Waals surface area contributed by atoms with E-state index in [2.05, 4.69) is 6.07 Å². The Morgan fingerprint density at radius 3 is 2.92 bits per heavy atom. The van der Waals surface area contributed by atoms with E-state index in [1.54, 1.807) is 30.6 Å². The van der Waals surface area contributed by atoms with Crippen molar-refractivity contribution in [3.63, 3.8) is 0 Å². The van der Waals surface area contributed by atoms with Crippen molar-refractivity contribution < 1.29 is 4.79 Å². The van der Waals surface area contributed by atoms with Crippen molar-refractivity contribution in [3.05, 3.63) is 63.5 Å². The van der Waals surface area contributed by atoms with E-state index in [0.717, 1.165) is 28.1 Å². The second kappa shape index (κ2) is 5.87. The molecule has 1 saturated heterocycles. The molecule has 2 aromatic heterocycles. The van der Waals surface area contributed by atoms with Crippen LogP contribution in [-0.4, -0.2) is 26.9 Å². The predicted octanol–water partition coefficient (Wildman–Crippen LogP) is 2.97. The summed E-state index contributed by atoms with van der Waals surface area (Å²) >= 11 is 1.65. The maximum atomic E-state index is 12.9. The first kappa shape index (κ1) is 15.1. The number of amides is 1. The lowest BCUT2D eigenvalue weighted by Crippen LogP contribution is -2.31. The number of carbonyl (C=O) groups excluding carboxylic acids is 1. The molecule has 0 radical (unpaired) electrons. The summed E-state index contributed by atoms with van der Waals surface area (Å²) in [5.74, 6) is -0.0885. The average molecular weight is 339 g/mol. The summed E-state index contributed by atoms with van der Waals surface area (Å²) in [5.41, 5.74) is 1.26. The molecule has 0 saturated carbocycles. The molecule has 3 heterocycles. The summed E-state index contributed by atoms with van der Waals surface area (Å²) in [6.45, 7) is 0.703. The second-order valence-corrected chi connectivity index (χ2v) is 7.10. The zero-order valence-electron chi connectivity index (χ0n) is 13.3. The van der Waals surface area contributed by atoms with E-state index in [4.69, 9.17) is 4.98 Å². The Labute approximate surface area is 143 Å². The lowest BCUT2D eigenvalue weighted by Gasteiger charge is -2.23. The Bertz CT molecular complexity index is 943. The van der Waals surface area contributed by atoms with Crippen LogP contribution in [0.2, 0.25) is 0 Å². The number of thiazole rings is 1. The van der Waals surface area contributed by atoms with Crippen LogP contribution in [0.1, 0.15) is 34.2 Å². The van der Waals surface area contributed by atoms with Crippen molar-refractivity contribution in [1.82, 2.24) is 14.5 Å². The van der Waals surface area contributed by atoms with Gasteiger partial charge in [-0.1, -0.05) is 12.1 Å². The first-order chi connectivity index (χ1) is 11.6. The van der Waals surface area contributed by atoms with E-state index < -0.39 is 0 Å². The third-order valence-corrected chi connectivity index (χ3v) is 5.60. The summed E-state index contributed by atoms with van der Waals surface area (Å²) in [5, 5.41) is 0.978. The number of aromatic nitrogens is 2. The minimum atomic E-state index is -0.170. The maximum absolute atomic E-state index is 12.9. The van der Waals surface area contributed by atoms with Crippen LogP contribution >= 0.6 is 11.3 Å². The van der Waals surface area contributed by atoms with Gasteiger partial charge in [-0.3, -0.25) is 9.59 Å². The number of pyridine rings is 1. The third-order valence-electron chi connectivity index (χ3n) is 4.46. The molecule has 24 heavy (non-hydrogen) atoms. The number of nitrogens with zero attached hydrogens (tertiary/aromatic N) is 3. The van der Waals surface area contributed by atoms with Gasteiger partial charge in [0.05, 0.1) is 16.3 Å². The van der Waals surface area contributed by atoms with Gasteiger partial charge in [-0.05, 0) is 31.0 Å². The van der Waals surface area contributed by atoms with Gasteiger partial charge >= 0.3 is 0 Å². The van der Waals surface area contributed by atoms with Crippen molar-refractivity contribution in [2.45, 2.75) is 18.9 Å². The van der Waals surface area contributed by atoms with Gasteiger partial charge < -0.3 is 9.47 Å². The Hall–Kier alpha value is -2.47. The summed E-state index contributed by atoms with van der Waals surface area (Å²) in [7, 11) is 1.68. The van der Waals surface area contributed by atoms with E-state index in [1.165, 1.54) is 10.6 Å². The molecule has 1 aliphatic rings. The lowest BCUT2D eigenvalue weighted by molar-refractivity contribution is 0.0735. The van der Waals surface area contributed by atoms with Crippen molar-refractivity contribution in [3.8, 4) is 0 Å². The molecule has 6 heteroatoms. The molecule has 1 aromatic carbocycles. The van der Waals surface area contributed by atoms with Gasteiger partial charge in [0.15, 0.2) is 0 Å². The number of aryl methyl sites for hydroxylation is 1. The maximum Gasteiger partial charge on any atom is 0.254 e. The van der Waals surface area contributed by atoms with Crippen LogP contribution < -0.4 is 5.56 Å². The number of hydrogen-bond acceptors (Lipinski definition) is 4. The molecule has 3 aromatic rings. The number of rotatable bonds is 2. The minimum absolute atomic E-state index is 0.000965. The Morgan fingerprint density at radius 2 is 2.12 bits per heavy atom. The van der Waals surface area contributed by atoms with Gasteiger partial charge in [0, 0.05) is 31.4 Å². The fraction of sp³-hybridized carbons (Fsp3) is 0.278. The molecule has 5 nitrogen and oxygen atoms in total.